The van der Waals surface area contributed by atoms with Crippen LogP contribution in [0.4, 0.5) is 4.79 Å². The Bertz CT molecular complexity index is 408. The van der Waals surface area contributed by atoms with Crippen molar-refractivity contribution in [3.63, 3.8) is 0 Å². The standard InChI is InChI=1S/C14H24N2O5/c1-4-10-9-16(5-6-21-10)13(20)15-11(17)7-14(2,3)8-12(18)19/h10H,4-9H2,1-3H3,(H,18,19)(H,15,17,20). The minimum absolute atomic E-state index is 0.00283. The summed E-state index contributed by atoms with van der Waals surface area (Å²) in [4.78, 5) is 36.1. The number of carboxylic acid groups (broad SMARTS) is 1. The third kappa shape index (κ3) is 6.12. The lowest BCUT2D eigenvalue weighted by Gasteiger charge is -2.32. The second-order valence-electron chi connectivity index (χ2n) is 6.11. The van der Waals surface area contributed by atoms with E-state index in [4.69, 9.17) is 9.84 Å². The molecule has 3 amide bonds. The maximum absolute atomic E-state index is 12.0. The van der Waals surface area contributed by atoms with Crippen molar-refractivity contribution in [1.82, 2.24) is 10.2 Å². The van der Waals surface area contributed by atoms with Gasteiger partial charge in [-0.15, -0.1) is 0 Å². The zero-order valence-corrected chi connectivity index (χ0v) is 12.8. The fourth-order valence-corrected chi connectivity index (χ4v) is 2.30. The maximum atomic E-state index is 12.0. The van der Waals surface area contributed by atoms with E-state index in [9.17, 15) is 14.4 Å². The molecular weight excluding hydrogens is 276 g/mol. The van der Waals surface area contributed by atoms with Crippen LogP contribution in [0.15, 0.2) is 0 Å². The van der Waals surface area contributed by atoms with Gasteiger partial charge in [-0.05, 0) is 11.8 Å². The highest BCUT2D eigenvalue weighted by molar-refractivity contribution is 5.94. The molecule has 1 fully saturated rings. The van der Waals surface area contributed by atoms with E-state index in [1.54, 1.807) is 18.7 Å². The molecule has 1 unspecified atom stereocenters. The zero-order valence-electron chi connectivity index (χ0n) is 12.8. The fourth-order valence-electron chi connectivity index (χ4n) is 2.30. The van der Waals surface area contributed by atoms with E-state index in [1.807, 2.05) is 6.92 Å². The number of imide groups is 1. The first-order valence-electron chi connectivity index (χ1n) is 7.15. The van der Waals surface area contributed by atoms with Crippen LogP contribution in [-0.2, 0) is 14.3 Å². The van der Waals surface area contributed by atoms with Crippen LogP contribution in [0.25, 0.3) is 0 Å². The zero-order chi connectivity index (χ0) is 16.0. The van der Waals surface area contributed by atoms with Crippen LogP contribution < -0.4 is 5.32 Å². The number of carboxylic acids is 1. The molecule has 21 heavy (non-hydrogen) atoms. The normalized spacial score (nSPS) is 19.2. The molecule has 1 aliphatic rings. The van der Waals surface area contributed by atoms with E-state index in [1.165, 1.54) is 0 Å². The van der Waals surface area contributed by atoms with E-state index in [2.05, 4.69) is 5.32 Å². The quantitative estimate of drug-likeness (QED) is 0.796. The molecule has 0 radical (unpaired) electrons. The van der Waals surface area contributed by atoms with Gasteiger partial charge in [0.25, 0.3) is 0 Å². The average molecular weight is 300 g/mol. The highest BCUT2D eigenvalue weighted by Crippen LogP contribution is 2.24. The van der Waals surface area contributed by atoms with Gasteiger partial charge < -0.3 is 14.7 Å². The Morgan fingerprint density at radius 2 is 2.00 bits per heavy atom. The molecule has 1 aliphatic heterocycles. The molecular formula is C14H24N2O5. The lowest BCUT2D eigenvalue weighted by molar-refractivity contribution is -0.139. The summed E-state index contributed by atoms with van der Waals surface area (Å²) in [5, 5.41) is 11.1. The Labute approximate surface area is 124 Å². The van der Waals surface area contributed by atoms with Crippen LogP contribution >= 0.6 is 0 Å². The molecule has 0 aliphatic carbocycles. The summed E-state index contributed by atoms with van der Waals surface area (Å²) in [7, 11) is 0. The van der Waals surface area contributed by atoms with Crippen molar-refractivity contribution >= 4 is 17.9 Å². The van der Waals surface area contributed by atoms with Crippen molar-refractivity contribution in [3.8, 4) is 0 Å². The first-order chi connectivity index (χ1) is 9.73. The van der Waals surface area contributed by atoms with Gasteiger partial charge in [0.1, 0.15) is 0 Å². The Balaban J connectivity index is 2.46. The minimum atomic E-state index is -0.960. The number of amides is 3. The van der Waals surface area contributed by atoms with Crippen LogP contribution in [0.1, 0.15) is 40.0 Å². The summed E-state index contributed by atoms with van der Waals surface area (Å²) in [5.41, 5.74) is -0.687. The summed E-state index contributed by atoms with van der Waals surface area (Å²) >= 11 is 0. The Morgan fingerprint density at radius 3 is 2.57 bits per heavy atom. The van der Waals surface area contributed by atoms with E-state index in [0.29, 0.717) is 19.7 Å². The summed E-state index contributed by atoms with van der Waals surface area (Å²) in [5.74, 6) is -1.41. The van der Waals surface area contributed by atoms with Crippen molar-refractivity contribution in [1.29, 1.82) is 0 Å². The number of carbonyl (C=O) groups excluding carboxylic acids is 2. The highest BCUT2D eigenvalue weighted by Gasteiger charge is 2.28. The SMILES string of the molecule is CCC1CN(C(=O)NC(=O)CC(C)(C)CC(=O)O)CCO1. The molecule has 7 nitrogen and oxygen atoms in total. The number of urea groups is 1. The molecule has 0 aromatic carbocycles. The smallest absolute Gasteiger partial charge is 0.324 e. The number of nitrogens with one attached hydrogen (secondary N) is 1. The van der Waals surface area contributed by atoms with E-state index < -0.39 is 23.3 Å². The predicted molar refractivity (Wildman–Crippen MR) is 75.8 cm³/mol. The monoisotopic (exact) mass is 300 g/mol. The van der Waals surface area contributed by atoms with Gasteiger partial charge in [-0.2, -0.15) is 0 Å². The van der Waals surface area contributed by atoms with Crippen LogP contribution in [0, 0.1) is 5.41 Å². The second-order valence-corrected chi connectivity index (χ2v) is 6.11. The van der Waals surface area contributed by atoms with Gasteiger partial charge in [0.15, 0.2) is 0 Å². The second kappa shape index (κ2) is 7.40. The molecule has 7 heteroatoms. The van der Waals surface area contributed by atoms with Crippen molar-refractivity contribution in [2.75, 3.05) is 19.7 Å². The largest absolute Gasteiger partial charge is 0.481 e. The van der Waals surface area contributed by atoms with Crippen LogP contribution in [-0.4, -0.2) is 53.7 Å². The number of carbonyl (C=O) groups is 3. The van der Waals surface area contributed by atoms with Crippen molar-refractivity contribution in [2.45, 2.75) is 46.1 Å². The van der Waals surface area contributed by atoms with Crippen LogP contribution in [0.5, 0.6) is 0 Å². The lowest BCUT2D eigenvalue weighted by atomic mass is 9.85. The summed E-state index contributed by atoms with van der Waals surface area (Å²) in [6, 6.07) is -0.437. The number of ether oxygens (including phenoxy) is 1. The Kier molecular flexibility index (Phi) is 6.14. The average Bonchev–Trinajstić information content (AvgIpc) is 2.36. The van der Waals surface area contributed by atoms with E-state index in [0.717, 1.165) is 6.42 Å². The van der Waals surface area contributed by atoms with Crippen molar-refractivity contribution < 1.29 is 24.2 Å². The number of morpholine rings is 1. The Morgan fingerprint density at radius 1 is 1.33 bits per heavy atom. The number of rotatable bonds is 5. The molecule has 0 aromatic heterocycles. The van der Waals surface area contributed by atoms with Crippen LogP contribution in [0.2, 0.25) is 0 Å². The third-order valence-electron chi connectivity index (χ3n) is 3.40. The topological polar surface area (TPSA) is 95.9 Å². The Hall–Kier alpha value is -1.63. The first kappa shape index (κ1) is 17.4. The fraction of sp³-hybridized carbons (Fsp3) is 0.786. The molecule has 1 rings (SSSR count). The lowest BCUT2D eigenvalue weighted by Crippen LogP contribution is -2.51. The minimum Gasteiger partial charge on any atom is -0.481 e. The molecule has 1 saturated heterocycles. The number of nitrogens with zero attached hydrogens (tertiary/aromatic N) is 1. The molecule has 0 saturated carbocycles. The van der Waals surface area contributed by atoms with Gasteiger partial charge in [0, 0.05) is 19.5 Å². The van der Waals surface area contributed by atoms with Gasteiger partial charge in [-0.3, -0.25) is 14.9 Å². The van der Waals surface area contributed by atoms with Crippen molar-refractivity contribution in [3.05, 3.63) is 0 Å². The van der Waals surface area contributed by atoms with Gasteiger partial charge >= 0.3 is 12.0 Å². The van der Waals surface area contributed by atoms with Gasteiger partial charge in [0.2, 0.25) is 5.91 Å². The molecule has 2 N–H and O–H groups in total. The summed E-state index contributed by atoms with van der Waals surface area (Å²) in [6.07, 6.45) is 0.683. The van der Waals surface area contributed by atoms with E-state index >= 15 is 0 Å². The van der Waals surface area contributed by atoms with Gasteiger partial charge in [-0.1, -0.05) is 20.8 Å². The third-order valence-corrected chi connectivity index (χ3v) is 3.40. The number of hydrogen-bond donors (Lipinski definition) is 2. The predicted octanol–water partition coefficient (Wildman–Crippen LogP) is 1.22. The maximum Gasteiger partial charge on any atom is 0.324 e. The molecule has 120 valence electrons. The molecule has 0 bridgehead atoms. The summed E-state index contributed by atoms with van der Waals surface area (Å²) < 4.78 is 5.46. The molecule has 0 spiro atoms. The highest BCUT2D eigenvalue weighted by atomic mass is 16.5. The molecule has 1 atom stereocenters. The molecule has 1 heterocycles. The number of hydrogen-bond acceptors (Lipinski definition) is 4. The number of aliphatic carboxylic acids is 1. The van der Waals surface area contributed by atoms with Crippen molar-refractivity contribution in [2.24, 2.45) is 5.41 Å². The van der Waals surface area contributed by atoms with E-state index in [-0.39, 0.29) is 18.9 Å². The first-order valence-corrected chi connectivity index (χ1v) is 7.15. The van der Waals surface area contributed by atoms with Gasteiger partial charge in [0.05, 0.1) is 19.1 Å². The summed E-state index contributed by atoms with van der Waals surface area (Å²) in [6.45, 7) is 6.73. The van der Waals surface area contributed by atoms with Gasteiger partial charge in [-0.25, -0.2) is 4.79 Å². The molecule has 0 aromatic rings. The van der Waals surface area contributed by atoms with Crippen LogP contribution in [0.3, 0.4) is 0 Å².